The maximum absolute atomic E-state index is 12.3. The van der Waals surface area contributed by atoms with Crippen molar-refractivity contribution in [2.45, 2.75) is 0 Å². The second-order valence-electron chi connectivity index (χ2n) is 6.36. The van der Waals surface area contributed by atoms with Crippen LogP contribution in [0.1, 0.15) is 10.4 Å². The van der Waals surface area contributed by atoms with Crippen LogP contribution in [0.15, 0.2) is 71.1 Å². The summed E-state index contributed by atoms with van der Waals surface area (Å²) in [5.74, 6) is 0.916. The number of urea groups is 1. The van der Waals surface area contributed by atoms with E-state index >= 15 is 0 Å². The normalized spacial score (nSPS) is 10.6. The van der Waals surface area contributed by atoms with Gasteiger partial charge in [-0.05, 0) is 48.5 Å². The molecule has 0 spiro atoms. The zero-order valence-corrected chi connectivity index (χ0v) is 17.8. The topological polar surface area (TPSA) is 93.5 Å². The van der Waals surface area contributed by atoms with Crippen molar-refractivity contribution in [2.75, 3.05) is 12.4 Å². The molecule has 0 aliphatic carbocycles. The molecule has 2 amide bonds. The van der Waals surface area contributed by atoms with Gasteiger partial charge in [-0.3, -0.25) is 9.52 Å². The third-order valence-corrected chi connectivity index (χ3v) is 5.29. The van der Waals surface area contributed by atoms with Gasteiger partial charge in [-0.1, -0.05) is 29.8 Å². The van der Waals surface area contributed by atoms with Crippen LogP contribution in [0.5, 0.6) is 5.75 Å². The number of carbonyl (C=O) groups is 2. The quantitative estimate of drug-likeness (QED) is 0.381. The first kappa shape index (κ1) is 20.8. The Kier molecular flexibility index (Phi) is 6.11. The second-order valence-corrected chi connectivity index (χ2v) is 7.55. The molecule has 0 radical (unpaired) electrons. The zero-order valence-electron chi connectivity index (χ0n) is 16.2. The van der Waals surface area contributed by atoms with Crippen LogP contribution < -0.4 is 14.8 Å². The first-order valence-corrected chi connectivity index (χ1v) is 10.3. The first-order valence-electron chi connectivity index (χ1n) is 9.11. The number of amides is 2. The van der Waals surface area contributed by atoms with Crippen LogP contribution in [-0.2, 0) is 0 Å². The molecule has 0 aliphatic heterocycles. The fourth-order valence-electron chi connectivity index (χ4n) is 2.83. The largest absolute Gasteiger partial charge is 0.495 e. The number of carbonyl (C=O) groups excluding carboxylic acids is 2. The van der Waals surface area contributed by atoms with Crippen molar-refractivity contribution in [1.29, 1.82) is 0 Å². The fourth-order valence-corrected chi connectivity index (χ4v) is 3.57. The molecule has 3 aromatic carbocycles. The molecular formula is C22H16ClN3O4S. The molecule has 7 nitrogen and oxygen atoms in total. The van der Waals surface area contributed by atoms with E-state index in [0.717, 1.165) is 5.52 Å². The van der Waals surface area contributed by atoms with E-state index in [1.807, 2.05) is 30.3 Å². The van der Waals surface area contributed by atoms with Crippen molar-refractivity contribution < 1.29 is 18.7 Å². The summed E-state index contributed by atoms with van der Waals surface area (Å²) >= 11 is 6.69. The number of fused-ring (bicyclic) bond motifs is 1. The Balaban J connectivity index is 1.39. The molecule has 156 valence electrons. The van der Waals surface area contributed by atoms with Gasteiger partial charge in [0.15, 0.2) is 5.58 Å². The van der Waals surface area contributed by atoms with Gasteiger partial charge in [0.25, 0.3) is 0 Å². The molecule has 0 saturated carbocycles. The number of nitrogens with zero attached hydrogens (tertiary/aromatic N) is 1. The summed E-state index contributed by atoms with van der Waals surface area (Å²) in [4.78, 5) is 29.0. The molecule has 1 aromatic heterocycles. The summed E-state index contributed by atoms with van der Waals surface area (Å²) in [5, 5.41) is 2.64. The summed E-state index contributed by atoms with van der Waals surface area (Å²) in [6.07, 6.45) is 0. The maximum Gasteiger partial charge on any atom is 0.329 e. The van der Waals surface area contributed by atoms with Crippen LogP contribution in [0.4, 0.5) is 10.5 Å². The highest BCUT2D eigenvalue weighted by Crippen LogP contribution is 2.27. The Hall–Kier alpha value is -3.49. The van der Waals surface area contributed by atoms with E-state index in [4.69, 9.17) is 20.8 Å². The zero-order chi connectivity index (χ0) is 21.8. The number of benzene rings is 3. The number of halogens is 1. The van der Waals surface area contributed by atoms with E-state index < -0.39 is 6.03 Å². The highest BCUT2D eigenvalue weighted by atomic mass is 35.5. The van der Waals surface area contributed by atoms with Crippen LogP contribution in [0.3, 0.4) is 0 Å². The van der Waals surface area contributed by atoms with Crippen molar-refractivity contribution in [2.24, 2.45) is 0 Å². The molecule has 0 bridgehead atoms. The molecular weight excluding hydrogens is 438 g/mol. The molecule has 0 fully saturated rings. The number of methoxy groups -OCH3 is 1. The lowest BCUT2D eigenvalue weighted by atomic mass is 10.2. The predicted molar refractivity (Wildman–Crippen MR) is 122 cm³/mol. The number of hydrogen-bond acceptors (Lipinski definition) is 6. The Labute approximate surface area is 186 Å². The van der Waals surface area contributed by atoms with Crippen molar-refractivity contribution in [3.05, 3.63) is 77.3 Å². The Morgan fingerprint density at radius 1 is 1.06 bits per heavy atom. The summed E-state index contributed by atoms with van der Waals surface area (Å²) in [6, 6.07) is 18.6. The third kappa shape index (κ3) is 4.82. The first-order chi connectivity index (χ1) is 15.0. The Bertz CT molecular complexity index is 1240. The van der Waals surface area contributed by atoms with Gasteiger partial charge in [0.1, 0.15) is 11.3 Å². The minimum Gasteiger partial charge on any atom is -0.495 e. The smallest absolute Gasteiger partial charge is 0.329 e. The van der Waals surface area contributed by atoms with Gasteiger partial charge in [-0.25, -0.2) is 9.78 Å². The number of nitrogens with one attached hydrogen (secondary N) is 2. The van der Waals surface area contributed by atoms with E-state index in [9.17, 15) is 9.59 Å². The Morgan fingerprint density at radius 3 is 2.68 bits per heavy atom. The van der Waals surface area contributed by atoms with Crippen LogP contribution in [0.2, 0.25) is 5.02 Å². The molecule has 2 N–H and O–H groups in total. The third-order valence-electron chi connectivity index (χ3n) is 4.29. The van der Waals surface area contributed by atoms with Gasteiger partial charge in [0, 0.05) is 28.8 Å². The standard InChI is InChI=1S/C22H16ClN3O4S/c1-29-18-10-9-14(12-16(18)23)21(27)31-26-22(28)24-15-6-4-5-13(11-15)20-25-17-7-2-3-8-19(17)30-20/h2-12H,1H3,(H2,24,26,28). The molecule has 0 saturated heterocycles. The summed E-state index contributed by atoms with van der Waals surface area (Å²) in [7, 11) is 1.49. The van der Waals surface area contributed by atoms with Crippen LogP contribution in [-0.4, -0.2) is 23.2 Å². The Morgan fingerprint density at radius 2 is 1.90 bits per heavy atom. The number of rotatable bonds is 4. The van der Waals surface area contributed by atoms with Gasteiger partial charge < -0.3 is 14.5 Å². The number of anilines is 1. The van der Waals surface area contributed by atoms with Gasteiger partial charge in [0.2, 0.25) is 11.0 Å². The lowest BCUT2D eigenvalue weighted by molar-refractivity contribution is 0.108. The molecule has 0 aliphatic rings. The lowest BCUT2D eigenvalue weighted by Crippen LogP contribution is -2.24. The van der Waals surface area contributed by atoms with E-state index in [0.29, 0.717) is 51.0 Å². The van der Waals surface area contributed by atoms with Crippen molar-refractivity contribution in [3.8, 4) is 17.2 Å². The summed E-state index contributed by atoms with van der Waals surface area (Å²) in [6.45, 7) is 0. The van der Waals surface area contributed by atoms with Crippen molar-refractivity contribution >= 4 is 51.5 Å². The lowest BCUT2D eigenvalue weighted by Gasteiger charge is -2.08. The minimum absolute atomic E-state index is 0.314. The summed E-state index contributed by atoms with van der Waals surface area (Å²) < 4.78 is 13.3. The number of para-hydroxylation sites is 2. The molecule has 9 heteroatoms. The molecule has 31 heavy (non-hydrogen) atoms. The average molecular weight is 454 g/mol. The predicted octanol–water partition coefficient (Wildman–Crippen LogP) is 5.77. The SMILES string of the molecule is COc1ccc(C(=O)SNC(=O)Nc2cccc(-c3nc4ccccc4o3)c2)cc1Cl. The van der Waals surface area contributed by atoms with Crippen molar-refractivity contribution in [3.63, 3.8) is 0 Å². The average Bonchev–Trinajstić information content (AvgIpc) is 3.22. The number of ether oxygens (including phenoxy) is 1. The van der Waals surface area contributed by atoms with E-state index in [1.54, 1.807) is 30.3 Å². The molecule has 0 atom stereocenters. The second kappa shape index (κ2) is 9.11. The van der Waals surface area contributed by atoms with Crippen LogP contribution in [0, 0.1) is 0 Å². The van der Waals surface area contributed by atoms with Gasteiger partial charge in [-0.2, -0.15) is 0 Å². The maximum atomic E-state index is 12.3. The van der Waals surface area contributed by atoms with E-state index in [2.05, 4.69) is 15.0 Å². The van der Waals surface area contributed by atoms with Gasteiger partial charge in [-0.15, -0.1) is 0 Å². The molecule has 4 rings (SSSR count). The van der Waals surface area contributed by atoms with Gasteiger partial charge in [0.05, 0.1) is 12.1 Å². The summed E-state index contributed by atoms with van der Waals surface area (Å²) in [5.41, 5.74) is 3.02. The monoisotopic (exact) mass is 453 g/mol. The number of hydrogen-bond donors (Lipinski definition) is 2. The molecule has 1 heterocycles. The van der Waals surface area contributed by atoms with E-state index in [-0.39, 0.29) is 5.12 Å². The van der Waals surface area contributed by atoms with Crippen LogP contribution >= 0.6 is 23.5 Å². The molecule has 4 aromatic rings. The van der Waals surface area contributed by atoms with Crippen LogP contribution in [0.25, 0.3) is 22.6 Å². The number of oxazole rings is 1. The van der Waals surface area contributed by atoms with E-state index in [1.165, 1.54) is 13.2 Å². The van der Waals surface area contributed by atoms with Gasteiger partial charge >= 0.3 is 6.03 Å². The fraction of sp³-hybridized carbons (Fsp3) is 0.0455. The minimum atomic E-state index is -0.548. The number of aromatic nitrogens is 1. The molecule has 0 unspecified atom stereocenters. The highest BCUT2D eigenvalue weighted by Gasteiger charge is 2.13. The highest BCUT2D eigenvalue weighted by molar-refractivity contribution is 8.12. The van der Waals surface area contributed by atoms with Crippen molar-refractivity contribution in [1.82, 2.24) is 9.71 Å².